The van der Waals surface area contributed by atoms with E-state index in [4.69, 9.17) is 9.97 Å². The first kappa shape index (κ1) is 31.1. The second-order valence-electron chi connectivity index (χ2n) is 13.9. The molecule has 0 spiro atoms. The van der Waals surface area contributed by atoms with Gasteiger partial charge in [-0.3, -0.25) is 9.59 Å². The average Bonchev–Trinajstić information content (AvgIpc) is 3.68. The normalized spacial score (nSPS) is 22.1. The zero-order valence-corrected chi connectivity index (χ0v) is 27.0. The number of hydrogen-bond donors (Lipinski definition) is 4. The molecule has 6 rings (SSSR count). The molecule has 4 N–H and O–H groups in total. The number of hydrogen-bond acceptors (Lipinski definition) is 8. The number of aryl methyl sites for hydroxylation is 1. The Kier molecular flexibility index (Phi) is 9.33. The van der Waals surface area contributed by atoms with Crippen LogP contribution in [0.2, 0.25) is 0 Å². The summed E-state index contributed by atoms with van der Waals surface area (Å²) in [5, 5.41) is 20.0. The third-order valence-electron chi connectivity index (χ3n) is 9.71. The molecule has 1 aromatic carbocycles. The number of piperidine rings is 1. The monoisotopic (exact) mass is 618 g/mol. The number of rotatable bonds is 8. The lowest BCUT2D eigenvalue weighted by Crippen LogP contribution is -2.38. The van der Waals surface area contributed by atoms with Crippen LogP contribution in [0.3, 0.4) is 0 Å². The van der Waals surface area contributed by atoms with Crippen molar-refractivity contribution >= 4 is 33.5 Å². The maximum Gasteiger partial charge on any atom is 0.280 e. The van der Waals surface area contributed by atoms with Crippen LogP contribution in [0.1, 0.15) is 95.9 Å². The first-order chi connectivity index (χ1) is 21.1. The highest BCUT2D eigenvalue weighted by Gasteiger charge is 2.30. The Morgan fingerprint density at radius 3 is 2.68 bits per heavy atom. The standard InChI is InChI=1S/C34H46N6O3S/c1-34(2,3)24-7-8-27-23(18-24)19-29-32(38-27)44-33(39-29)31(43)37-28(12-16-40-14-10-26(41)11-15-40)21-5-4-6-22(17-21)30(42)36-25-9-13-35-20-25/h4-6,17,19,24-26,28,35,41H,7-16,18,20H2,1-3H3,(H,36,42)(H,37,43)/t24-,25+,28?/m0/s1. The summed E-state index contributed by atoms with van der Waals surface area (Å²) >= 11 is 1.35. The summed E-state index contributed by atoms with van der Waals surface area (Å²) in [6.07, 6.45) is 6.00. The summed E-state index contributed by atoms with van der Waals surface area (Å²) in [6.45, 7) is 11.1. The predicted octanol–water partition coefficient (Wildman–Crippen LogP) is 4.25. The smallest absolute Gasteiger partial charge is 0.280 e. The van der Waals surface area contributed by atoms with E-state index in [9.17, 15) is 14.7 Å². The number of nitrogens with one attached hydrogen (secondary N) is 3. The minimum Gasteiger partial charge on any atom is -0.393 e. The van der Waals surface area contributed by atoms with Crippen molar-refractivity contribution in [1.29, 1.82) is 0 Å². The summed E-state index contributed by atoms with van der Waals surface area (Å²) < 4.78 is 0. The van der Waals surface area contributed by atoms with Crippen molar-refractivity contribution in [3.05, 3.63) is 57.7 Å². The second kappa shape index (κ2) is 13.2. The Balaban J connectivity index is 1.21. The van der Waals surface area contributed by atoms with Gasteiger partial charge in [-0.2, -0.15) is 0 Å². The van der Waals surface area contributed by atoms with E-state index in [0.717, 1.165) is 92.9 Å². The van der Waals surface area contributed by atoms with Gasteiger partial charge >= 0.3 is 0 Å². The molecular formula is C34H46N6O3S. The van der Waals surface area contributed by atoms with E-state index in [0.29, 0.717) is 22.9 Å². The van der Waals surface area contributed by atoms with Crippen LogP contribution in [-0.4, -0.2) is 76.7 Å². The number of pyridine rings is 1. The van der Waals surface area contributed by atoms with Crippen LogP contribution in [0.15, 0.2) is 30.3 Å². The number of nitrogens with zero attached hydrogens (tertiary/aromatic N) is 3. The van der Waals surface area contributed by atoms with Crippen molar-refractivity contribution in [1.82, 2.24) is 30.8 Å². The number of aliphatic hydroxyl groups excluding tert-OH is 1. The van der Waals surface area contributed by atoms with Crippen molar-refractivity contribution in [3.8, 4) is 0 Å². The quantitative estimate of drug-likeness (QED) is 0.298. The molecule has 3 aromatic rings. The molecule has 2 amide bonds. The summed E-state index contributed by atoms with van der Waals surface area (Å²) in [6, 6.07) is 9.60. The molecular weight excluding hydrogens is 572 g/mol. The molecule has 3 aliphatic rings. The SMILES string of the molecule is CC(C)(C)[C@H]1CCc2nc3sc(C(=O)NC(CCN4CCC(O)CC4)c4cccc(C(=O)N[C@@H]5CCNC5)c4)nc3cc2C1. The Hall–Kier alpha value is -2.92. The Labute approximate surface area is 264 Å². The number of carbonyl (C=O) groups excluding carboxylic acids is 2. The van der Waals surface area contributed by atoms with E-state index in [1.807, 2.05) is 24.3 Å². The van der Waals surface area contributed by atoms with E-state index in [2.05, 4.69) is 47.7 Å². The lowest BCUT2D eigenvalue weighted by atomic mass is 9.71. The summed E-state index contributed by atoms with van der Waals surface area (Å²) in [5.41, 5.74) is 4.93. The van der Waals surface area contributed by atoms with Gasteiger partial charge < -0.3 is 26.0 Å². The molecule has 236 valence electrons. The lowest BCUT2D eigenvalue weighted by molar-refractivity contribution is 0.0795. The van der Waals surface area contributed by atoms with Crippen LogP contribution < -0.4 is 16.0 Å². The van der Waals surface area contributed by atoms with Gasteiger partial charge in [-0.1, -0.05) is 44.2 Å². The molecule has 3 atom stereocenters. The van der Waals surface area contributed by atoms with E-state index >= 15 is 0 Å². The van der Waals surface area contributed by atoms with E-state index < -0.39 is 0 Å². The van der Waals surface area contributed by atoms with Crippen molar-refractivity contribution in [2.45, 2.75) is 83.9 Å². The van der Waals surface area contributed by atoms with Crippen molar-refractivity contribution in [3.63, 3.8) is 0 Å². The summed E-state index contributed by atoms with van der Waals surface area (Å²) in [4.78, 5) is 39.6. The highest BCUT2D eigenvalue weighted by atomic mass is 32.1. The van der Waals surface area contributed by atoms with E-state index in [1.165, 1.54) is 16.9 Å². The fourth-order valence-corrected chi connectivity index (χ4v) is 7.63. The molecule has 2 aliphatic heterocycles. The fourth-order valence-electron chi connectivity index (χ4n) is 6.79. The summed E-state index contributed by atoms with van der Waals surface area (Å²) in [7, 11) is 0. The van der Waals surface area contributed by atoms with Crippen LogP contribution in [0.4, 0.5) is 0 Å². The summed E-state index contributed by atoms with van der Waals surface area (Å²) in [5.74, 6) is 0.294. The zero-order chi connectivity index (χ0) is 30.8. The molecule has 10 heteroatoms. The van der Waals surface area contributed by atoms with E-state index in [-0.39, 0.29) is 35.4 Å². The predicted molar refractivity (Wildman–Crippen MR) is 174 cm³/mol. The molecule has 0 bridgehead atoms. The van der Waals surface area contributed by atoms with Crippen LogP contribution in [0.25, 0.3) is 10.3 Å². The number of aliphatic hydroxyl groups is 1. The van der Waals surface area contributed by atoms with Crippen molar-refractivity contribution < 1.29 is 14.7 Å². The Morgan fingerprint density at radius 1 is 1.11 bits per heavy atom. The van der Waals surface area contributed by atoms with Gasteiger partial charge in [0.05, 0.1) is 12.1 Å². The number of likely N-dealkylation sites (tertiary alicyclic amines) is 1. The number of amides is 2. The van der Waals surface area contributed by atoms with Crippen LogP contribution in [0, 0.1) is 11.3 Å². The molecule has 44 heavy (non-hydrogen) atoms. The number of benzene rings is 1. The van der Waals surface area contributed by atoms with Crippen molar-refractivity contribution in [2.24, 2.45) is 11.3 Å². The van der Waals surface area contributed by atoms with Gasteiger partial charge in [-0.05, 0) is 92.1 Å². The topological polar surface area (TPSA) is 119 Å². The van der Waals surface area contributed by atoms with Gasteiger partial charge in [-0.15, -0.1) is 0 Å². The van der Waals surface area contributed by atoms with Gasteiger partial charge in [0.1, 0.15) is 10.3 Å². The van der Waals surface area contributed by atoms with Crippen molar-refractivity contribution in [2.75, 3.05) is 32.7 Å². The number of aromatic nitrogens is 2. The van der Waals surface area contributed by atoms with Crippen LogP contribution >= 0.6 is 11.3 Å². The minimum absolute atomic E-state index is 0.0921. The Bertz CT molecular complexity index is 1490. The second-order valence-corrected chi connectivity index (χ2v) is 14.9. The Morgan fingerprint density at radius 2 is 1.93 bits per heavy atom. The average molecular weight is 619 g/mol. The molecule has 1 aliphatic carbocycles. The van der Waals surface area contributed by atoms with Gasteiger partial charge in [0, 0.05) is 43.5 Å². The lowest BCUT2D eigenvalue weighted by Gasteiger charge is -2.34. The minimum atomic E-state index is -0.295. The van der Waals surface area contributed by atoms with Crippen LogP contribution in [0.5, 0.6) is 0 Å². The third kappa shape index (κ3) is 7.30. The van der Waals surface area contributed by atoms with Gasteiger partial charge in [0.2, 0.25) is 0 Å². The molecule has 2 fully saturated rings. The van der Waals surface area contributed by atoms with Gasteiger partial charge in [0.25, 0.3) is 11.8 Å². The largest absolute Gasteiger partial charge is 0.393 e. The highest BCUT2D eigenvalue weighted by molar-refractivity contribution is 7.19. The molecule has 4 heterocycles. The highest BCUT2D eigenvalue weighted by Crippen LogP contribution is 2.38. The first-order valence-corrected chi connectivity index (χ1v) is 17.1. The van der Waals surface area contributed by atoms with E-state index in [1.54, 1.807) is 0 Å². The fraction of sp³-hybridized carbons (Fsp3) is 0.588. The molecule has 9 nitrogen and oxygen atoms in total. The number of thiazole rings is 1. The maximum absolute atomic E-state index is 13.7. The number of fused-ring (bicyclic) bond motifs is 2. The van der Waals surface area contributed by atoms with Gasteiger partial charge in [-0.25, -0.2) is 9.97 Å². The van der Waals surface area contributed by atoms with Crippen LogP contribution in [-0.2, 0) is 12.8 Å². The number of carbonyl (C=O) groups is 2. The molecule has 0 radical (unpaired) electrons. The maximum atomic E-state index is 13.7. The third-order valence-corrected chi connectivity index (χ3v) is 10.7. The molecule has 2 aromatic heterocycles. The zero-order valence-electron chi connectivity index (χ0n) is 26.2. The molecule has 2 saturated heterocycles. The molecule has 1 unspecified atom stereocenters. The molecule has 0 saturated carbocycles. The first-order valence-electron chi connectivity index (χ1n) is 16.2. The van der Waals surface area contributed by atoms with Gasteiger partial charge in [0.15, 0.2) is 5.01 Å².